The zero-order chi connectivity index (χ0) is 15.5. The fourth-order valence-electron chi connectivity index (χ4n) is 2.23. The van der Waals surface area contributed by atoms with Gasteiger partial charge in [-0.1, -0.05) is 0 Å². The summed E-state index contributed by atoms with van der Waals surface area (Å²) in [6.45, 7) is 4.39. The summed E-state index contributed by atoms with van der Waals surface area (Å²) < 4.78 is 26.5. The standard InChI is InChI=1S/C14H21N3O3S.ClH/c1-10(2)17-21(19,20)12-7-5-11(6-8-12)16-14(18)13-4-3-9-15-13;/h5-8,10,13,15,17H,3-4,9H2,1-2H3,(H,16,18);1H/t13-;/m0./s1. The van der Waals surface area contributed by atoms with Crippen molar-refractivity contribution in [2.45, 2.75) is 43.7 Å². The number of amides is 1. The first-order chi connectivity index (χ1) is 9.88. The number of benzene rings is 1. The minimum atomic E-state index is -3.50. The minimum absolute atomic E-state index is 0. The molecule has 3 N–H and O–H groups in total. The zero-order valence-electron chi connectivity index (χ0n) is 12.6. The maximum absolute atomic E-state index is 12.0. The van der Waals surface area contributed by atoms with Crippen LogP contribution in [-0.4, -0.2) is 33.0 Å². The van der Waals surface area contributed by atoms with Crippen molar-refractivity contribution in [3.63, 3.8) is 0 Å². The first-order valence-corrected chi connectivity index (χ1v) is 8.53. The first kappa shape index (κ1) is 18.9. The third kappa shape index (κ3) is 4.95. The second kappa shape index (κ2) is 7.92. The fraction of sp³-hybridized carbons (Fsp3) is 0.500. The Morgan fingerprint density at radius 3 is 2.41 bits per heavy atom. The summed E-state index contributed by atoms with van der Waals surface area (Å²) in [5.41, 5.74) is 0.595. The van der Waals surface area contributed by atoms with Gasteiger partial charge in [-0.25, -0.2) is 13.1 Å². The van der Waals surface area contributed by atoms with Gasteiger partial charge >= 0.3 is 0 Å². The van der Waals surface area contributed by atoms with E-state index in [1.165, 1.54) is 12.1 Å². The average Bonchev–Trinajstić information content (AvgIpc) is 2.91. The van der Waals surface area contributed by atoms with Gasteiger partial charge < -0.3 is 10.6 Å². The summed E-state index contributed by atoms with van der Waals surface area (Å²) in [4.78, 5) is 12.1. The summed E-state index contributed by atoms with van der Waals surface area (Å²) in [7, 11) is -3.50. The van der Waals surface area contributed by atoms with Crippen molar-refractivity contribution in [1.29, 1.82) is 0 Å². The van der Waals surface area contributed by atoms with Crippen LogP contribution in [0.25, 0.3) is 0 Å². The third-order valence-corrected chi connectivity index (χ3v) is 4.87. The van der Waals surface area contributed by atoms with Crippen molar-refractivity contribution in [3.05, 3.63) is 24.3 Å². The number of sulfonamides is 1. The van der Waals surface area contributed by atoms with Crippen LogP contribution in [0.15, 0.2) is 29.2 Å². The van der Waals surface area contributed by atoms with Gasteiger partial charge in [-0.05, 0) is 57.5 Å². The Morgan fingerprint density at radius 1 is 1.27 bits per heavy atom. The monoisotopic (exact) mass is 347 g/mol. The highest BCUT2D eigenvalue weighted by atomic mass is 35.5. The molecule has 0 bridgehead atoms. The Bertz CT molecular complexity index is 596. The Kier molecular flexibility index (Phi) is 6.80. The van der Waals surface area contributed by atoms with E-state index in [0.29, 0.717) is 5.69 Å². The molecule has 0 spiro atoms. The van der Waals surface area contributed by atoms with Crippen molar-refractivity contribution >= 4 is 34.0 Å². The highest BCUT2D eigenvalue weighted by Gasteiger charge is 2.22. The molecule has 1 heterocycles. The highest BCUT2D eigenvalue weighted by molar-refractivity contribution is 7.89. The smallest absolute Gasteiger partial charge is 0.241 e. The summed E-state index contributed by atoms with van der Waals surface area (Å²) in [6.07, 6.45) is 1.83. The molecule has 22 heavy (non-hydrogen) atoms. The lowest BCUT2D eigenvalue weighted by Crippen LogP contribution is -2.35. The second-order valence-corrected chi connectivity index (χ2v) is 7.15. The van der Waals surface area contributed by atoms with Crippen molar-refractivity contribution in [3.8, 4) is 0 Å². The van der Waals surface area contributed by atoms with Gasteiger partial charge in [0.25, 0.3) is 0 Å². The van der Waals surface area contributed by atoms with E-state index < -0.39 is 10.0 Å². The summed E-state index contributed by atoms with van der Waals surface area (Å²) >= 11 is 0. The lowest BCUT2D eigenvalue weighted by atomic mass is 10.2. The van der Waals surface area contributed by atoms with Gasteiger partial charge in [-0.15, -0.1) is 12.4 Å². The molecule has 1 aliphatic rings. The molecule has 0 radical (unpaired) electrons. The molecular weight excluding hydrogens is 326 g/mol. The van der Waals surface area contributed by atoms with E-state index in [-0.39, 0.29) is 35.3 Å². The van der Waals surface area contributed by atoms with Gasteiger partial charge in [0, 0.05) is 11.7 Å². The van der Waals surface area contributed by atoms with E-state index in [1.54, 1.807) is 26.0 Å². The van der Waals surface area contributed by atoms with E-state index in [9.17, 15) is 13.2 Å². The van der Waals surface area contributed by atoms with Crippen LogP contribution < -0.4 is 15.4 Å². The van der Waals surface area contributed by atoms with Crippen molar-refractivity contribution in [2.24, 2.45) is 0 Å². The Labute approximate surface area is 137 Å². The molecule has 1 saturated heterocycles. The molecule has 124 valence electrons. The molecule has 1 aromatic rings. The molecule has 0 saturated carbocycles. The van der Waals surface area contributed by atoms with E-state index in [2.05, 4.69) is 15.4 Å². The largest absolute Gasteiger partial charge is 0.325 e. The van der Waals surface area contributed by atoms with Crippen LogP contribution in [-0.2, 0) is 14.8 Å². The minimum Gasteiger partial charge on any atom is -0.325 e. The van der Waals surface area contributed by atoms with Gasteiger partial charge in [0.2, 0.25) is 15.9 Å². The van der Waals surface area contributed by atoms with Gasteiger partial charge in [-0.2, -0.15) is 0 Å². The van der Waals surface area contributed by atoms with Crippen LogP contribution in [0, 0.1) is 0 Å². The molecule has 1 fully saturated rings. The number of halogens is 1. The lowest BCUT2D eigenvalue weighted by molar-refractivity contribution is -0.117. The molecule has 0 aliphatic carbocycles. The number of carbonyl (C=O) groups excluding carboxylic acids is 1. The van der Waals surface area contributed by atoms with Crippen LogP contribution in [0.3, 0.4) is 0 Å². The molecular formula is C14H22ClN3O3S. The molecule has 6 nitrogen and oxygen atoms in total. The van der Waals surface area contributed by atoms with Gasteiger partial charge in [-0.3, -0.25) is 4.79 Å². The quantitative estimate of drug-likeness (QED) is 0.753. The summed E-state index contributed by atoms with van der Waals surface area (Å²) in [6, 6.07) is 5.85. The third-order valence-electron chi connectivity index (χ3n) is 3.20. The van der Waals surface area contributed by atoms with Crippen LogP contribution in [0.5, 0.6) is 0 Å². The van der Waals surface area contributed by atoms with Crippen molar-refractivity contribution in [1.82, 2.24) is 10.0 Å². The predicted octanol–water partition coefficient (Wildman–Crippen LogP) is 1.49. The molecule has 2 rings (SSSR count). The fourth-order valence-corrected chi connectivity index (χ4v) is 3.48. The summed E-state index contributed by atoms with van der Waals surface area (Å²) in [5, 5.41) is 5.90. The first-order valence-electron chi connectivity index (χ1n) is 7.05. The number of nitrogens with one attached hydrogen (secondary N) is 3. The van der Waals surface area contributed by atoms with Crippen molar-refractivity contribution in [2.75, 3.05) is 11.9 Å². The normalized spacial score (nSPS) is 18.0. The van der Waals surface area contributed by atoms with Crippen LogP contribution >= 0.6 is 12.4 Å². The highest BCUT2D eigenvalue weighted by Crippen LogP contribution is 2.15. The Balaban J connectivity index is 0.00000242. The average molecular weight is 348 g/mol. The Hall–Kier alpha value is -1.15. The second-order valence-electron chi connectivity index (χ2n) is 5.44. The molecule has 1 aliphatic heterocycles. The van der Waals surface area contributed by atoms with E-state index >= 15 is 0 Å². The van der Waals surface area contributed by atoms with E-state index in [0.717, 1.165) is 19.4 Å². The topological polar surface area (TPSA) is 87.3 Å². The van der Waals surface area contributed by atoms with Crippen LogP contribution in [0.4, 0.5) is 5.69 Å². The maximum atomic E-state index is 12.0. The maximum Gasteiger partial charge on any atom is 0.241 e. The molecule has 0 aromatic heterocycles. The predicted molar refractivity (Wildman–Crippen MR) is 88.8 cm³/mol. The molecule has 1 aromatic carbocycles. The number of anilines is 1. The van der Waals surface area contributed by atoms with Crippen molar-refractivity contribution < 1.29 is 13.2 Å². The number of hydrogen-bond donors (Lipinski definition) is 3. The number of rotatable bonds is 5. The lowest BCUT2D eigenvalue weighted by Gasteiger charge is -2.12. The number of carbonyl (C=O) groups is 1. The van der Waals surface area contributed by atoms with Gasteiger partial charge in [0.15, 0.2) is 0 Å². The number of hydrogen-bond acceptors (Lipinski definition) is 4. The van der Waals surface area contributed by atoms with Gasteiger partial charge in [0.1, 0.15) is 0 Å². The zero-order valence-corrected chi connectivity index (χ0v) is 14.3. The molecule has 1 amide bonds. The van der Waals surface area contributed by atoms with Crippen LogP contribution in [0.1, 0.15) is 26.7 Å². The summed E-state index contributed by atoms with van der Waals surface area (Å²) in [5.74, 6) is -0.0802. The van der Waals surface area contributed by atoms with E-state index in [4.69, 9.17) is 0 Å². The van der Waals surface area contributed by atoms with E-state index in [1.807, 2.05) is 0 Å². The molecule has 0 unspecified atom stereocenters. The van der Waals surface area contributed by atoms with Gasteiger partial charge in [0.05, 0.1) is 10.9 Å². The molecule has 1 atom stereocenters. The Morgan fingerprint density at radius 2 is 1.91 bits per heavy atom. The molecule has 8 heteroatoms. The SMILES string of the molecule is CC(C)NS(=O)(=O)c1ccc(NC(=O)[C@@H]2CCCN2)cc1.Cl. The van der Waals surface area contributed by atoms with Crippen LogP contribution in [0.2, 0.25) is 0 Å².